The minimum Gasteiger partial charge on any atom is -0.457 e. The molecule has 82 heavy (non-hydrogen) atoms. The molecule has 0 fully saturated rings. The first kappa shape index (κ1) is 46.5. The summed E-state index contributed by atoms with van der Waals surface area (Å²) in [6, 6.07) is 103. The van der Waals surface area contributed by atoms with Crippen molar-refractivity contribution in [2.24, 2.45) is 0 Å². The minimum absolute atomic E-state index is 0.588. The number of rotatable bonds is 7. The summed E-state index contributed by atoms with van der Waals surface area (Å²) < 4.78 is 11.7. The average molecular weight is 1060 g/mol. The maximum Gasteiger partial charge on any atom is 0.235 e. The summed E-state index contributed by atoms with van der Waals surface area (Å²) in [5, 5.41) is 4.78. The van der Waals surface area contributed by atoms with Gasteiger partial charge in [-0.2, -0.15) is 0 Å². The van der Waals surface area contributed by atoms with E-state index in [1.165, 1.54) is 36.9 Å². The molecule has 0 atom stereocenters. The number of para-hydroxylation sites is 2. The van der Waals surface area contributed by atoms with Crippen molar-refractivity contribution in [1.29, 1.82) is 0 Å². The van der Waals surface area contributed by atoms with Gasteiger partial charge in [-0.05, 0) is 134 Å². The lowest BCUT2D eigenvalue weighted by Crippen LogP contribution is -2.32. The molecule has 12 aromatic carbocycles. The van der Waals surface area contributed by atoms with Crippen molar-refractivity contribution in [2.45, 2.75) is 5.41 Å². The smallest absolute Gasteiger partial charge is 0.235 e. The van der Waals surface area contributed by atoms with Gasteiger partial charge in [-0.25, -0.2) is 9.97 Å². The molecule has 1 aliphatic heterocycles. The third kappa shape index (κ3) is 7.10. The van der Waals surface area contributed by atoms with Crippen LogP contribution in [0.1, 0.15) is 22.3 Å². The molecule has 0 radical (unpaired) electrons. The molecule has 4 heterocycles. The number of aromatic nitrogens is 3. The van der Waals surface area contributed by atoms with E-state index in [1.54, 1.807) is 0 Å². The van der Waals surface area contributed by atoms with Gasteiger partial charge in [0.05, 0.1) is 27.8 Å². The number of ether oxygens (including phenoxy) is 1. The highest BCUT2D eigenvalue weighted by molar-refractivity contribution is 7.25. The summed E-state index contributed by atoms with van der Waals surface area (Å²) in [5.41, 5.74) is 21.0. The van der Waals surface area contributed by atoms with Crippen molar-refractivity contribution in [3.8, 4) is 95.6 Å². The van der Waals surface area contributed by atoms with E-state index in [2.05, 4.69) is 290 Å². The zero-order chi connectivity index (χ0) is 53.9. The number of thiophene rings is 1. The molecule has 1 spiro atoms. The number of nitrogens with zero attached hydrogens (tertiary/aromatic N) is 3. The van der Waals surface area contributed by atoms with Gasteiger partial charge in [-0.1, -0.05) is 212 Å². The van der Waals surface area contributed by atoms with E-state index in [-0.39, 0.29) is 0 Å². The summed E-state index contributed by atoms with van der Waals surface area (Å²) in [7, 11) is 0. The van der Waals surface area contributed by atoms with Crippen molar-refractivity contribution in [3.05, 3.63) is 307 Å². The molecule has 3 aromatic heterocycles. The van der Waals surface area contributed by atoms with E-state index >= 15 is 0 Å². The molecule has 0 unspecified atom stereocenters. The summed E-state index contributed by atoms with van der Waals surface area (Å²) in [6.07, 6.45) is 0. The Balaban J connectivity index is 1.02. The Hall–Kier alpha value is -10.5. The van der Waals surface area contributed by atoms with Crippen LogP contribution in [0.5, 0.6) is 11.5 Å². The number of hydrogen-bond donors (Lipinski definition) is 0. The van der Waals surface area contributed by atoms with Crippen molar-refractivity contribution in [2.75, 3.05) is 0 Å². The fourth-order valence-electron chi connectivity index (χ4n) is 13.4. The Morgan fingerprint density at radius 1 is 0.317 bits per heavy atom. The Labute approximate surface area is 478 Å². The number of benzene rings is 12. The third-order valence-electron chi connectivity index (χ3n) is 17.0. The second-order valence-corrected chi connectivity index (χ2v) is 22.7. The molecule has 0 N–H and O–H groups in total. The van der Waals surface area contributed by atoms with Crippen molar-refractivity contribution >= 4 is 53.3 Å². The van der Waals surface area contributed by atoms with E-state index in [9.17, 15) is 0 Å². The molecule has 0 saturated carbocycles. The van der Waals surface area contributed by atoms with Gasteiger partial charge in [0, 0.05) is 58.8 Å². The highest BCUT2D eigenvalue weighted by atomic mass is 32.1. The van der Waals surface area contributed by atoms with Crippen LogP contribution in [-0.2, 0) is 5.41 Å². The van der Waals surface area contributed by atoms with Crippen LogP contribution in [-0.4, -0.2) is 14.5 Å². The molecule has 1 aliphatic carbocycles. The van der Waals surface area contributed by atoms with Crippen molar-refractivity contribution in [1.82, 2.24) is 14.5 Å². The quantitative estimate of drug-likeness (QED) is 0.160. The number of hydrogen-bond acceptors (Lipinski definition) is 4. The van der Waals surface area contributed by atoms with Gasteiger partial charge in [0.2, 0.25) is 5.95 Å². The Morgan fingerprint density at radius 3 is 1.33 bits per heavy atom. The van der Waals surface area contributed by atoms with Crippen molar-refractivity contribution < 1.29 is 4.74 Å². The predicted octanol–water partition coefficient (Wildman–Crippen LogP) is 20.4. The van der Waals surface area contributed by atoms with E-state index in [4.69, 9.17) is 14.7 Å². The SMILES string of the molecule is c1ccc(-c2cc(-c3ccccc3)cc(-c3cc(-c4cc(-c5ccccc5)cc(-c5ccccc5)c4)nc(-n4c5cc6sc7ccccc7c6cc5c5ccc6c(c54)-c4ccccc4C64c5ccccc5Oc5ccccc54)n3)c2)cc1. The molecule has 0 amide bonds. The lowest BCUT2D eigenvalue weighted by Gasteiger charge is -2.39. The van der Waals surface area contributed by atoms with E-state index in [0.717, 1.165) is 117 Å². The largest absolute Gasteiger partial charge is 0.457 e. The van der Waals surface area contributed by atoms with Crippen LogP contribution in [0, 0.1) is 0 Å². The van der Waals surface area contributed by atoms with Crippen LogP contribution in [0.15, 0.2) is 285 Å². The summed E-state index contributed by atoms with van der Waals surface area (Å²) in [5.74, 6) is 2.31. The minimum atomic E-state index is -0.686. The fourth-order valence-corrected chi connectivity index (χ4v) is 14.6. The predicted molar refractivity (Wildman–Crippen MR) is 339 cm³/mol. The second kappa shape index (κ2) is 18.3. The summed E-state index contributed by atoms with van der Waals surface area (Å²) in [4.78, 5) is 11.8. The molecular weight excluding hydrogens is 1010 g/mol. The maximum atomic E-state index is 6.83. The van der Waals surface area contributed by atoms with E-state index < -0.39 is 5.41 Å². The fraction of sp³-hybridized carbons (Fsp3) is 0.0130. The normalized spacial score (nSPS) is 12.8. The van der Waals surface area contributed by atoms with Gasteiger partial charge in [-0.15, -0.1) is 11.3 Å². The van der Waals surface area contributed by atoms with Gasteiger partial charge in [0.1, 0.15) is 11.5 Å². The molecule has 17 rings (SSSR count). The topological polar surface area (TPSA) is 39.9 Å². The molecule has 15 aromatic rings. The van der Waals surface area contributed by atoms with E-state index in [0.29, 0.717) is 5.95 Å². The van der Waals surface area contributed by atoms with Crippen LogP contribution < -0.4 is 4.74 Å². The van der Waals surface area contributed by atoms with Crippen LogP contribution in [0.2, 0.25) is 0 Å². The van der Waals surface area contributed by atoms with E-state index in [1.807, 2.05) is 11.3 Å². The van der Waals surface area contributed by atoms with Crippen LogP contribution >= 0.6 is 11.3 Å². The zero-order valence-electron chi connectivity index (χ0n) is 44.3. The monoisotopic (exact) mass is 1060 g/mol. The highest BCUT2D eigenvalue weighted by Crippen LogP contribution is 2.63. The van der Waals surface area contributed by atoms with Gasteiger partial charge in [0.15, 0.2) is 0 Å². The Morgan fingerprint density at radius 2 is 0.780 bits per heavy atom. The second-order valence-electron chi connectivity index (χ2n) is 21.6. The Kier molecular flexibility index (Phi) is 10.4. The Bertz CT molecular complexity index is 4760. The summed E-state index contributed by atoms with van der Waals surface area (Å²) in [6.45, 7) is 0. The van der Waals surface area contributed by atoms with Gasteiger partial charge in [-0.3, -0.25) is 4.57 Å². The van der Waals surface area contributed by atoms with Crippen molar-refractivity contribution in [3.63, 3.8) is 0 Å². The third-order valence-corrected chi connectivity index (χ3v) is 18.2. The van der Waals surface area contributed by atoms with Gasteiger partial charge < -0.3 is 4.74 Å². The molecule has 4 nitrogen and oxygen atoms in total. The zero-order valence-corrected chi connectivity index (χ0v) is 45.1. The molecule has 0 saturated heterocycles. The average Bonchev–Trinajstić information content (AvgIpc) is 1.81. The summed E-state index contributed by atoms with van der Waals surface area (Å²) >= 11 is 1.84. The highest BCUT2D eigenvalue weighted by Gasteiger charge is 2.52. The lowest BCUT2D eigenvalue weighted by molar-refractivity contribution is 0.436. The molecular formula is C77H47N3OS. The van der Waals surface area contributed by atoms with Crippen LogP contribution in [0.3, 0.4) is 0 Å². The first-order valence-corrected chi connectivity index (χ1v) is 28.8. The van der Waals surface area contributed by atoms with Crippen LogP contribution in [0.25, 0.3) is 126 Å². The standard InChI is InChI=1S/C77H47N3OS/c1-5-21-48(22-6-1)52-39-53(49-23-7-2-8-24-49)42-56(41-52)67-46-68(57-43-54(50-25-9-3-10-26-50)40-55(44-57)51-27-11-4-12-28-51)79-76(78-67)80-69-47-73-62(58-29-14-20-36-72(58)82-73)45-61(69)59-37-38-66-74(75(59)80)60-30-13-15-31-63(60)77(66)64-32-16-18-34-70(64)81-71-35-19-17-33-65(71)77/h1-47H. The molecule has 2 aliphatic rings. The van der Waals surface area contributed by atoms with Gasteiger partial charge >= 0.3 is 0 Å². The number of fused-ring (bicyclic) bond motifs is 16. The van der Waals surface area contributed by atoms with Gasteiger partial charge in [0.25, 0.3) is 0 Å². The first-order chi connectivity index (χ1) is 40.6. The molecule has 382 valence electrons. The molecule has 0 bridgehead atoms. The van der Waals surface area contributed by atoms with Crippen LogP contribution in [0.4, 0.5) is 0 Å². The molecule has 5 heteroatoms. The maximum absolute atomic E-state index is 6.83. The first-order valence-electron chi connectivity index (χ1n) is 27.9. The lowest BCUT2D eigenvalue weighted by atomic mass is 9.66.